The van der Waals surface area contributed by atoms with Crippen molar-refractivity contribution in [2.24, 2.45) is 0 Å². The first-order valence-electron chi connectivity index (χ1n) is 12.7. The zero-order chi connectivity index (χ0) is 22.5. The van der Waals surface area contributed by atoms with E-state index in [2.05, 4.69) is 20.8 Å². The number of ether oxygens (including phenoxy) is 2. The minimum Gasteiger partial charge on any atom is -0.462 e. The van der Waals surface area contributed by atoms with Gasteiger partial charge in [-0.2, -0.15) is 0 Å². The molecule has 0 aliphatic rings. The molecule has 0 aromatic carbocycles. The summed E-state index contributed by atoms with van der Waals surface area (Å²) in [7, 11) is 0. The van der Waals surface area contributed by atoms with Gasteiger partial charge in [0.15, 0.2) is 0 Å². The molecule has 0 aromatic rings. The zero-order valence-electron chi connectivity index (χ0n) is 20.4. The third-order valence-corrected chi connectivity index (χ3v) is 5.45. The lowest BCUT2D eigenvalue weighted by atomic mass is 10.0. The summed E-state index contributed by atoms with van der Waals surface area (Å²) in [6, 6.07) is 0. The van der Waals surface area contributed by atoms with Crippen LogP contribution in [0, 0.1) is 0 Å². The molecule has 0 saturated heterocycles. The molecule has 0 heterocycles. The fraction of sp³-hybridized carbons (Fsp3) is 0.846. The van der Waals surface area contributed by atoms with Crippen molar-refractivity contribution in [3.63, 3.8) is 0 Å². The van der Waals surface area contributed by atoms with Crippen molar-refractivity contribution >= 4 is 11.9 Å². The molecule has 0 atom stereocenters. The molecule has 0 rings (SSSR count). The van der Waals surface area contributed by atoms with Crippen LogP contribution in [0.25, 0.3) is 0 Å². The van der Waals surface area contributed by atoms with Gasteiger partial charge in [0.05, 0.1) is 13.2 Å². The van der Waals surface area contributed by atoms with Gasteiger partial charge in [-0.15, -0.1) is 0 Å². The minimum atomic E-state index is -0.339. The number of carbonyl (C=O) groups is 2. The van der Waals surface area contributed by atoms with Crippen molar-refractivity contribution in [3.05, 3.63) is 11.1 Å². The standard InChI is InChI=1S/C26H48O4/c1-5-9-12-14-16-18-21-29-25(27)23(8-4)24(20-11-7-3)26(28)30-22-19-17-15-13-10-6-2/h5-22H2,1-4H3. The lowest BCUT2D eigenvalue weighted by Crippen LogP contribution is -2.17. The normalized spacial score (nSPS) is 11.9. The SMILES string of the molecule is CCCCCCCCOC(=O)C(CC)=C(CCCC)C(=O)OCCCCCCCC. The van der Waals surface area contributed by atoms with E-state index in [0.29, 0.717) is 37.2 Å². The van der Waals surface area contributed by atoms with Gasteiger partial charge in [0.25, 0.3) is 0 Å². The summed E-state index contributed by atoms with van der Waals surface area (Å²) in [5.41, 5.74) is 1.03. The monoisotopic (exact) mass is 424 g/mol. The quantitative estimate of drug-likeness (QED) is 0.114. The van der Waals surface area contributed by atoms with Crippen LogP contribution in [0.2, 0.25) is 0 Å². The molecular weight excluding hydrogens is 376 g/mol. The lowest BCUT2D eigenvalue weighted by molar-refractivity contribution is -0.142. The van der Waals surface area contributed by atoms with E-state index in [1.807, 2.05) is 6.92 Å². The highest BCUT2D eigenvalue weighted by molar-refractivity contribution is 6.00. The van der Waals surface area contributed by atoms with Gasteiger partial charge in [-0.3, -0.25) is 0 Å². The van der Waals surface area contributed by atoms with Gasteiger partial charge < -0.3 is 9.47 Å². The summed E-state index contributed by atoms with van der Waals surface area (Å²) in [4.78, 5) is 25.3. The summed E-state index contributed by atoms with van der Waals surface area (Å²) in [5.74, 6) is -0.668. The van der Waals surface area contributed by atoms with Crippen molar-refractivity contribution in [1.82, 2.24) is 0 Å². The Balaban J connectivity index is 4.59. The molecule has 0 aliphatic carbocycles. The van der Waals surface area contributed by atoms with Crippen LogP contribution in [0.4, 0.5) is 0 Å². The zero-order valence-corrected chi connectivity index (χ0v) is 20.4. The van der Waals surface area contributed by atoms with Gasteiger partial charge in [-0.1, -0.05) is 98.3 Å². The number of unbranched alkanes of at least 4 members (excludes halogenated alkanes) is 11. The average Bonchev–Trinajstić information content (AvgIpc) is 2.75. The molecule has 30 heavy (non-hydrogen) atoms. The second-order valence-electron chi connectivity index (χ2n) is 8.22. The molecule has 0 unspecified atom stereocenters. The Bertz CT molecular complexity index is 468. The molecule has 0 aliphatic heterocycles. The maximum atomic E-state index is 12.7. The Hall–Kier alpha value is -1.32. The number of rotatable bonds is 20. The van der Waals surface area contributed by atoms with Crippen molar-refractivity contribution in [2.45, 2.75) is 130 Å². The van der Waals surface area contributed by atoms with Gasteiger partial charge in [0, 0.05) is 11.1 Å². The van der Waals surface area contributed by atoms with E-state index < -0.39 is 0 Å². The molecule has 0 saturated carbocycles. The predicted molar refractivity (Wildman–Crippen MR) is 126 cm³/mol. The highest BCUT2D eigenvalue weighted by atomic mass is 16.5. The highest BCUT2D eigenvalue weighted by Gasteiger charge is 2.21. The Labute approximate surface area is 186 Å². The van der Waals surface area contributed by atoms with Crippen LogP contribution in [0.1, 0.15) is 130 Å². The molecule has 4 heteroatoms. The summed E-state index contributed by atoms with van der Waals surface area (Å²) < 4.78 is 11.0. The number of hydrogen-bond acceptors (Lipinski definition) is 4. The summed E-state index contributed by atoms with van der Waals surface area (Å²) in [6.07, 6.45) is 16.7. The topological polar surface area (TPSA) is 52.6 Å². The van der Waals surface area contributed by atoms with Crippen LogP contribution >= 0.6 is 0 Å². The summed E-state index contributed by atoms with van der Waals surface area (Å²) in [5, 5.41) is 0. The van der Waals surface area contributed by atoms with Crippen molar-refractivity contribution < 1.29 is 19.1 Å². The predicted octanol–water partition coefficient (Wildman–Crippen LogP) is 7.69. The Morgan fingerprint density at radius 2 is 0.900 bits per heavy atom. The average molecular weight is 425 g/mol. The molecule has 0 N–H and O–H groups in total. The second-order valence-corrected chi connectivity index (χ2v) is 8.22. The smallest absolute Gasteiger partial charge is 0.334 e. The van der Waals surface area contributed by atoms with Gasteiger partial charge in [0.2, 0.25) is 0 Å². The number of hydrogen-bond donors (Lipinski definition) is 0. The molecule has 176 valence electrons. The molecular formula is C26H48O4. The molecule has 0 aromatic heterocycles. The van der Waals surface area contributed by atoms with Crippen LogP contribution in [-0.2, 0) is 19.1 Å². The van der Waals surface area contributed by atoms with E-state index >= 15 is 0 Å². The van der Waals surface area contributed by atoms with Crippen LogP contribution in [0.3, 0.4) is 0 Å². The molecule has 0 amide bonds. The molecule has 0 fully saturated rings. The molecule has 4 nitrogen and oxygen atoms in total. The Morgan fingerprint density at radius 3 is 1.33 bits per heavy atom. The fourth-order valence-corrected chi connectivity index (χ4v) is 3.48. The van der Waals surface area contributed by atoms with E-state index in [9.17, 15) is 9.59 Å². The first-order chi connectivity index (χ1) is 14.6. The van der Waals surface area contributed by atoms with Gasteiger partial charge in [-0.25, -0.2) is 9.59 Å². The Morgan fingerprint density at radius 1 is 0.500 bits per heavy atom. The summed E-state index contributed by atoms with van der Waals surface area (Å²) in [6.45, 7) is 9.27. The first kappa shape index (κ1) is 28.7. The molecule has 0 bridgehead atoms. The van der Waals surface area contributed by atoms with E-state index in [-0.39, 0.29) is 11.9 Å². The van der Waals surface area contributed by atoms with Crippen LogP contribution in [0.5, 0.6) is 0 Å². The fourth-order valence-electron chi connectivity index (χ4n) is 3.48. The van der Waals surface area contributed by atoms with E-state index in [1.54, 1.807) is 0 Å². The molecule has 0 spiro atoms. The number of carbonyl (C=O) groups excluding carboxylic acids is 2. The maximum absolute atomic E-state index is 12.7. The van der Waals surface area contributed by atoms with E-state index in [0.717, 1.165) is 38.5 Å². The third kappa shape index (κ3) is 14.6. The van der Waals surface area contributed by atoms with Crippen molar-refractivity contribution in [1.29, 1.82) is 0 Å². The largest absolute Gasteiger partial charge is 0.462 e. The minimum absolute atomic E-state index is 0.328. The van der Waals surface area contributed by atoms with Gasteiger partial charge in [0.1, 0.15) is 0 Å². The highest BCUT2D eigenvalue weighted by Crippen LogP contribution is 2.20. The summed E-state index contributed by atoms with van der Waals surface area (Å²) >= 11 is 0. The van der Waals surface area contributed by atoms with E-state index in [4.69, 9.17) is 9.47 Å². The van der Waals surface area contributed by atoms with Gasteiger partial charge >= 0.3 is 11.9 Å². The van der Waals surface area contributed by atoms with E-state index in [1.165, 1.54) is 51.4 Å². The lowest BCUT2D eigenvalue weighted by Gasteiger charge is -2.14. The molecule has 0 radical (unpaired) electrons. The van der Waals surface area contributed by atoms with Gasteiger partial charge in [-0.05, 0) is 32.1 Å². The maximum Gasteiger partial charge on any atom is 0.334 e. The number of esters is 2. The first-order valence-corrected chi connectivity index (χ1v) is 12.7. The second kappa shape index (κ2) is 20.9. The van der Waals surface area contributed by atoms with Crippen LogP contribution < -0.4 is 0 Å². The Kier molecular flexibility index (Phi) is 20.0. The van der Waals surface area contributed by atoms with Crippen molar-refractivity contribution in [2.75, 3.05) is 13.2 Å². The third-order valence-electron chi connectivity index (χ3n) is 5.45. The van der Waals surface area contributed by atoms with Crippen molar-refractivity contribution in [3.8, 4) is 0 Å². The van der Waals surface area contributed by atoms with Crippen LogP contribution in [0.15, 0.2) is 11.1 Å². The van der Waals surface area contributed by atoms with Crippen LogP contribution in [-0.4, -0.2) is 25.2 Å².